The van der Waals surface area contributed by atoms with Gasteiger partial charge in [-0.05, 0) is 39.2 Å². The Morgan fingerprint density at radius 3 is 2.78 bits per heavy atom. The van der Waals surface area contributed by atoms with Gasteiger partial charge in [-0.15, -0.1) is 0 Å². The van der Waals surface area contributed by atoms with Gasteiger partial charge in [0.25, 0.3) is 0 Å². The van der Waals surface area contributed by atoms with Crippen molar-refractivity contribution in [3.63, 3.8) is 0 Å². The second-order valence-corrected chi connectivity index (χ2v) is 5.22. The van der Waals surface area contributed by atoms with E-state index in [-0.39, 0.29) is 6.10 Å². The third kappa shape index (κ3) is 3.95. The lowest BCUT2D eigenvalue weighted by Crippen LogP contribution is -2.33. The highest BCUT2D eigenvalue weighted by molar-refractivity contribution is 5.10. The van der Waals surface area contributed by atoms with E-state index in [2.05, 4.69) is 22.2 Å². The predicted molar refractivity (Wildman–Crippen MR) is 71.7 cm³/mol. The molecule has 0 aliphatic heterocycles. The fourth-order valence-corrected chi connectivity index (χ4v) is 2.17. The van der Waals surface area contributed by atoms with Gasteiger partial charge in [0.2, 0.25) is 5.88 Å². The lowest BCUT2D eigenvalue weighted by molar-refractivity contribution is 0.230. The van der Waals surface area contributed by atoms with Crippen LogP contribution in [0.5, 0.6) is 5.88 Å². The maximum Gasteiger partial charge on any atom is 0.232 e. The second kappa shape index (κ2) is 6.14. The number of ether oxygens (including phenoxy) is 1. The molecule has 1 aliphatic carbocycles. The average Bonchev–Trinajstić information content (AvgIpc) is 3.12. The fourth-order valence-electron chi connectivity index (χ4n) is 2.17. The van der Waals surface area contributed by atoms with E-state index in [1.165, 1.54) is 12.8 Å². The molecule has 1 aromatic heterocycles. The summed E-state index contributed by atoms with van der Waals surface area (Å²) in [6.07, 6.45) is 7.30. The normalized spacial score (nSPS) is 16.9. The maximum atomic E-state index is 5.58. The van der Waals surface area contributed by atoms with E-state index in [4.69, 9.17) is 4.74 Å². The van der Waals surface area contributed by atoms with Crippen molar-refractivity contribution >= 4 is 0 Å². The van der Waals surface area contributed by atoms with Crippen LogP contribution in [0.1, 0.15) is 39.3 Å². The molecule has 4 heteroatoms. The Kier molecular flexibility index (Phi) is 4.53. The van der Waals surface area contributed by atoms with Gasteiger partial charge in [-0.2, -0.15) is 0 Å². The van der Waals surface area contributed by atoms with Crippen LogP contribution in [-0.2, 0) is 6.42 Å². The molecule has 1 fully saturated rings. The second-order valence-electron chi connectivity index (χ2n) is 5.22. The molecule has 1 aromatic rings. The van der Waals surface area contributed by atoms with Crippen LogP contribution in [0.25, 0.3) is 0 Å². The molecule has 0 radical (unpaired) electrons. The minimum Gasteiger partial charge on any atom is -0.474 e. The lowest BCUT2D eigenvalue weighted by atomic mass is 10.1. The number of nitrogens with one attached hydrogen (secondary N) is 1. The summed E-state index contributed by atoms with van der Waals surface area (Å²) in [4.78, 5) is 8.74. The maximum absolute atomic E-state index is 5.58. The molecule has 1 aliphatic rings. The lowest BCUT2D eigenvalue weighted by Gasteiger charge is -2.17. The van der Waals surface area contributed by atoms with Crippen molar-refractivity contribution in [2.75, 3.05) is 6.54 Å². The zero-order chi connectivity index (χ0) is 13.0. The van der Waals surface area contributed by atoms with Crippen LogP contribution in [0.4, 0.5) is 0 Å². The van der Waals surface area contributed by atoms with Crippen LogP contribution < -0.4 is 10.1 Å². The molecule has 1 saturated carbocycles. The molecule has 0 amide bonds. The number of rotatable bonds is 7. The third-order valence-corrected chi connectivity index (χ3v) is 3.11. The summed E-state index contributed by atoms with van der Waals surface area (Å²) in [5, 5.41) is 3.54. The first kappa shape index (κ1) is 13.3. The van der Waals surface area contributed by atoms with Crippen LogP contribution in [0, 0.1) is 5.92 Å². The van der Waals surface area contributed by atoms with Gasteiger partial charge in [-0.25, -0.2) is 4.98 Å². The van der Waals surface area contributed by atoms with Crippen LogP contribution in [0.3, 0.4) is 0 Å². The number of aromatic nitrogens is 2. The predicted octanol–water partition coefficient (Wildman–Crippen LogP) is 2.19. The first-order chi connectivity index (χ1) is 8.69. The van der Waals surface area contributed by atoms with Crippen LogP contribution in [-0.4, -0.2) is 28.7 Å². The summed E-state index contributed by atoms with van der Waals surface area (Å²) in [5.41, 5.74) is 1.02. The molecule has 0 spiro atoms. The Morgan fingerprint density at radius 2 is 2.17 bits per heavy atom. The van der Waals surface area contributed by atoms with Crippen molar-refractivity contribution in [3.05, 3.63) is 18.1 Å². The highest BCUT2D eigenvalue weighted by Gasteiger charge is 2.30. The monoisotopic (exact) mass is 249 g/mol. The van der Waals surface area contributed by atoms with E-state index in [9.17, 15) is 0 Å². The van der Waals surface area contributed by atoms with E-state index in [1.807, 2.05) is 20.0 Å². The van der Waals surface area contributed by atoms with Crippen LogP contribution >= 0.6 is 0 Å². The highest BCUT2D eigenvalue weighted by atomic mass is 16.5. The smallest absolute Gasteiger partial charge is 0.232 e. The minimum absolute atomic E-state index is 0.141. The standard InChI is InChI=1S/C14H23N3O/c1-4-16-13(11-5-6-11)7-12-8-15-9-14(17-12)18-10(2)3/h8-11,13,16H,4-7H2,1-3H3. The van der Waals surface area contributed by atoms with Crippen molar-refractivity contribution in [3.8, 4) is 5.88 Å². The quantitative estimate of drug-likeness (QED) is 0.804. The molecule has 0 saturated heterocycles. The van der Waals surface area contributed by atoms with E-state index < -0.39 is 0 Å². The SMILES string of the molecule is CCNC(Cc1cncc(OC(C)C)n1)C1CC1. The first-order valence-electron chi connectivity index (χ1n) is 6.90. The Morgan fingerprint density at radius 1 is 1.39 bits per heavy atom. The van der Waals surface area contributed by atoms with Crippen LogP contribution in [0.2, 0.25) is 0 Å². The zero-order valence-electron chi connectivity index (χ0n) is 11.5. The largest absolute Gasteiger partial charge is 0.474 e. The molecule has 1 atom stereocenters. The van der Waals surface area contributed by atoms with E-state index >= 15 is 0 Å². The Labute approximate surface area is 109 Å². The Hall–Kier alpha value is -1.16. The van der Waals surface area contributed by atoms with E-state index in [0.717, 1.165) is 24.6 Å². The molecule has 0 aromatic carbocycles. The molecule has 4 nitrogen and oxygen atoms in total. The average molecular weight is 249 g/mol. The number of hydrogen-bond donors (Lipinski definition) is 1. The van der Waals surface area contributed by atoms with Gasteiger partial charge in [-0.3, -0.25) is 4.98 Å². The van der Waals surface area contributed by atoms with Gasteiger partial charge < -0.3 is 10.1 Å². The summed E-state index contributed by atoms with van der Waals surface area (Å²) < 4.78 is 5.58. The van der Waals surface area contributed by atoms with Gasteiger partial charge in [0.15, 0.2) is 0 Å². The molecular formula is C14H23N3O. The summed E-state index contributed by atoms with van der Waals surface area (Å²) in [6.45, 7) is 7.16. The fraction of sp³-hybridized carbons (Fsp3) is 0.714. The summed E-state index contributed by atoms with van der Waals surface area (Å²) in [5.74, 6) is 1.45. The highest BCUT2D eigenvalue weighted by Crippen LogP contribution is 2.33. The van der Waals surface area contributed by atoms with Crippen molar-refractivity contribution < 1.29 is 4.74 Å². The van der Waals surface area contributed by atoms with Gasteiger partial charge in [-0.1, -0.05) is 6.92 Å². The topological polar surface area (TPSA) is 47.0 Å². The summed E-state index contributed by atoms with van der Waals surface area (Å²) in [6, 6.07) is 0.540. The summed E-state index contributed by atoms with van der Waals surface area (Å²) in [7, 11) is 0. The Balaban J connectivity index is 1.98. The molecule has 0 bridgehead atoms. The van der Waals surface area contributed by atoms with Crippen molar-refractivity contribution in [2.45, 2.75) is 52.2 Å². The molecular weight excluding hydrogens is 226 g/mol. The molecule has 1 N–H and O–H groups in total. The van der Waals surface area contributed by atoms with Gasteiger partial charge >= 0.3 is 0 Å². The number of likely N-dealkylation sites (N-methyl/N-ethyl adjacent to an activating group) is 1. The number of nitrogens with zero attached hydrogens (tertiary/aromatic N) is 2. The van der Waals surface area contributed by atoms with Gasteiger partial charge in [0.05, 0.1) is 18.0 Å². The third-order valence-electron chi connectivity index (χ3n) is 3.11. The zero-order valence-corrected chi connectivity index (χ0v) is 11.5. The molecule has 100 valence electrons. The van der Waals surface area contributed by atoms with Crippen molar-refractivity contribution in [2.24, 2.45) is 5.92 Å². The van der Waals surface area contributed by atoms with Crippen molar-refractivity contribution in [1.82, 2.24) is 15.3 Å². The molecule has 18 heavy (non-hydrogen) atoms. The molecule has 1 unspecified atom stereocenters. The number of hydrogen-bond acceptors (Lipinski definition) is 4. The summed E-state index contributed by atoms with van der Waals surface area (Å²) >= 11 is 0. The Bertz CT molecular complexity index is 377. The van der Waals surface area contributed by atoms with Gasteiger partial charge in [0.1, 0.15) is 0 Å². The minimum atomic E-state index is 0.141. The van der Waals surface area contributed by atoms with E-state index in [1.54, 1.807) is 6.20 Å². The molecule has 1 heterocycles. The van der Waals surface area contributed by atoms with Gasteiger partial charge in [0, 0.05) is 18.7 Å². The van der Waals surface area contributed by atoms with E-state index in [0.29, 0.717) is 11.9 Å². The van der Waals surface area contributed by atoms with Crippen LogP contribution in [0.15, 0.2) is 12.4 Å². The first-order valence-corrected chi connectivity index (χ1v) is 6.90. The van der Waals surface area contributed by atoms with Crippen molar-refractivity contribution in [1.29, 1.82) is 0 Å². The molecule has 2 rings (SSSR count).